The molecule has 19 heavy (non-hydrogen) atoms. The molecule has 0 amide bonds. The Kier molecular flexibility index (Phi) is 7.66. The predicted molar refractivity (Wildman–Crippen MR) is 87.4 cm³/mol. The summed E-state index contributed by atoms with van der Waals surface area (Å²) in [6, 6.07) is 8.98. The fourth-order valence-corrected chi connectivity index (χ4v) is 2.32. The van der Waals surface area contributed by atoms with Crippen molar-refractivity contribution in [2.24, 2.45) is 5.92 Å². The van der Waals surface area contributed by atoms with Crippen LogP contribution in [0.4, 0.5) is 0 Å². The van der Waals surface area contributed by atoms with Crippen molar-refractivity contribution in [2.75, 3.05) is 20.1 Å². The van der Waals surface area contributed by atoms with E-state index < -0.39 is 0 Å². The molecule has 1 aromatic rings. The SMILES string of the molecule is CC(C)CCNCC(C)N(C)Cc1ccccc1Br. The second kappa shape index (κ2) is 8.72. The highest BCUT2D eigenvalue weighted by Gasteiger charge is 2.10. The number of rotatable bonds is 8. The van der Waals surface area contributed by atoms with Gasteiger partial charge in [-0.15, -0.1) is 0 Å². The maximum atomic E-state index is 3.61. The molecule has 0 spiro atoms. The molecule has 0 aliphatic rings. The zero-order valence-electron chi connectivity index (χ0n) is 12.6. The van der Waals surface area contributed by atoms with Crippen LogP contribution < -0.4 is 5.32 Å². The maximum Gasteiger partial charge on any atom is 0.0245 e. The number of nitrogens with zero attached hydrogens (tertiary/aromatic N) is 1. The van der Waals surface area contributed by atoms with Crippen LogP contribution in [-0.2, 0) is 6.54 Å². The number of halogens is 1. The molecule has 0 fully saturated rings. The van der Waals surface area contributed by atoms with Crippen LogP contribution in [0.1, 0.15) is 32.8 Å². The van der Waals surface area contributed by atoms with E-state index >= 15 is 0 Å². The van der Waals surface area contributed by atoms with Crippen molar-refractivity contribution in [3.05, 3.63) is 34.3 Å². The molecule has 0 aromatic heterocycles. The molecular weight excluding hydrogens is 300 g/mol. The molecule has 108 valence electrons. The fraction of sp³-hybridized carbons (Fsp3) is 0.625. The predicted octanol–water partition coefficient (Wildman–Crippen LogP) is 3.91. The minimum atomic E-state index is 0.541. The first-order valence-electron chi connectivity index (χ1n) is 7.15. The molecule has 0 aliphatic heterocycles. The highest BCUT2D eigenvalue weighted by Crippen LogP contribution is 2.17. The van der Waals surface area contributed by atoms with Gasteiger partial charge in [-0.1, -0.05) is 48.0 Å². The van der Waals surface area contributed by atoms with E-state index in [0.717, 1.165) is 25.6 Å². The summed E-state index contributed by atoms with van der Waals surface area (Å²) in [5.74, 6) is 0.779. The molecule has 0 saturated carbocycles. The minimum Gasteiger partial charge on any atom is -0.315 e. The summed E-state index contributed by atoms with van der Waals surface area (Å²) in [6.07, 6.45) is 1.25. The summed E-state index contributed by atoms with van der Waals surface area (Å²) in [6.45, 7) is 9.96. The van der Waals surface area contributed by atoms with E-state index in [1.54, 1.807) is 0 Å². The van der Waals surface area contributed by atoms with Gasteiger partial charge in [-0.25, -0.2) is 0 Å². The highest BCUT2D eigenvalue weighted by atomic mass is 79.9. The third-order valence-corrected chi connectivity index (χ3v) is 4.24. The van der Waals surface area contributed by atoms with Crippen molar-refractivity contribution in [3.8, 4) is 0 Å². The van der Waals surface area contributed by atoms with Gasteiger partial charge in [0.25, 0.3) is 0 Å². The van der Waals surface area contributed by atoms with Gasteiger partial charge in [0, 0.05) is 23.6 Å². The molecule has 0 radical (unpaired) electrons. The molecule has 0 heterocycles. The van der Waals surface area contributed by atoms with E-state index in [4.69, 9.17) is 0 Å². The van der Waals surface area contributed by atoms with Crippen LogP contribution in [-0.4, -0.2) is 31.1 Å². The molecule has 0 aliphatic carbocycles. The smallest absolute Gasteiger partial charge is 0.0245 e. The van der Waals surface area contributed by atoms with Crippen molar-refractivity contribution in [3.63, 3.8) is 0 Å². The van der Waals surface area contributed by atoms with E-state index in [9.17, 15) is 0 Å². The van der Waals surface area contributed by atoms with Crippen LogP contribution in [0.25, 0.3) is 0 Å². The Labute approximate surface area is 126 Å². The van der Waals surface area contributed by atoms with Gasteiger partial charge in [0.05, 0.1) is 0 Å². The van der Waals surface area contributed by atoms with Gasteiger partial charge >= 0.3 is 0 Å². The lowest BCUT2D eigenvalue weighted by molar-refractivity contribution is 0.242. The van der Waals surface area contributed by atoms with Crippen LogP contribution in [0.5, 0.6) is 0 Å². The molecule has 1 N–H and O–H groups in total. The van der Waals surface area contributed by atoms with Crippen molar-refractivity contribution < 1.29 is 0 Å². The molecule has 3 heteroatoms. The monoisotopic (exact) mass is 326 g/mol. The van der Waals surface area contributed by atoms with E-state index in [-0.39, 0.29) is 0 Å². The number of nitrogens with one attached hydrogen (secondary N) is 1. The standard InChI is InChI=1S/C16H27BrN2/c1-13(2)9-10-18-11-14(3)19(4)12-15-7-5-6-8-16(15)17/h5-8,13-14,18H,9-12H2,1-4H3. The third-order valence-electron chi connectivity index (χ3n) is 3.47. The quantitative estimate of drug-likeness (QED) is 0.729. The lowest BCUT2D eigenvalue weighted by atomic mass is 10.1. The second-order valence-electron chi connectivity index (χ2n) is 5.74. The summed E-state index contributed by atoms with van der Waals surface area (Å²) in [7, 11) is 2.19. The zero-order chi connectivity index (χ0) is 14.3. The van der Waals surface area contributed by atoms with Gasteiger partial charge in [0.1, 0.15) is 0 Å². The lowest BCUT2D eigenvalue weighted by Crippen LogP contribution is -2.38. The average molecular weight is 327 g/mol. The van der Waals surface area contributed by atoms with Crippen molar-refractivity contribution in [1.29, 1.82) is 0 Å². The summed E-state index contributed by atoms with van der Waals surface area (Å²) in [5, 5.41) is 3.54. The third kappa shape index (κ3) is 6.55. The van der Waals surface area contributed by atoms with Gasteiger partial charge < -0.3 is 5.32 Å². The van der Waals surface area contributed by atoms with Gasteiger partial charge in [-0.05, 0) is 44.5 Å². The Hall–Kier alpha value is -0.380. The Bertz CT molecular complexity index is 366. The molecule has 2 nitrogen and oxygen atoms in total. The van der Waals surface area contributed by atoms with Gasteiger partial charge in [0.2, 0.25) is 0 Å². The summed E-state index contributed by atoms with van der Waals surface area (Å²) in [4.78, 5) is 2.39. The summed E-state index contributed by atoms with van der Waals surface area (Å²) in [5.41, 5.74) is 1.35. The first-order valence-corrected chi connectivity index (χ1v) is 7.94. The average Bonchev–Trinajstić information content (AvgIpc) is 2.36. The van der Waals surface area contributed by atoms with E-state index in [1.807, 2.05) is 0 Å². The van der Waals surface area contributed by atoms with Crippen LogP contribution in [0, 0.1) is 5.92 Å². The summed E-state index contributed by atoms with van der Waals surface area (Å²) < 4.78 is 1.20. The van der Waals surface area contributed by atoms with Crippen molar-refractivity contribution in [2.45, 2.75) is 39.8 Å². The number of likely N-dealkylation sites (N-methyl/N-ethyl adjacent to an activating group) is 1. The van der Waals surface area contributed by atoms with Crippen molar-refractivity contribution >= 4 is 15.9 Å². The van der Waals surface area contributed by atoms with E-state index in [2.05, 4.69) is 78.2 Å². The molecule has 0 saturated heterocycles. The van der Waals surface area contributed by atoms with Crippen LogP contribution >= 0.6 is 15.9 Å². The Balaban J connectivity index is 2.32. The largest absolute Gasteiger partial charge is 0.315 e. The zero-order valence-corrected chi connectivity index (χ0v) is 14.2. The number of hydrogen-bond acceptors (Lipinski definition) is 2. The lowest BCUT2D eigenvalue weighted by Gasteiger charge is -2.25. The Morgan fingerprint density at radius 3 is 2.53 bits per heavy atom. The molecular formula is C16H27BrN2. The first-order chi connectivity index (χ1) is 9.00. The molecule has 1 rings (SSSR count). The Morgan fingerprint density at radius 1 is 1.21 bits per heavy atom. The topological polar surface area (TPSA) is 15.3 Å². The molecule has 1 aromatic carbocycles. The maximum absolute atomic E-state index is 3.61. The van der Waals surface area contributed by atoms with Gasteiger partial charge in [-0.3, -0.25) is 4.90 Å². The normalized spacial score (nSPS) is 13.2. The van der Waals surface area contributed by atoms with Crippen molar-refractivity contribution in [1.82, 2.24) is 10.2 Å². The number of benzene rings is 1. The first kappa shape index (κ1) is 16.7. The number of hydrogen-bond donors (Lipinski definition) is 1. The minimum absolute atomic E-state index is 0.541. The van der Waals surface area contributed by atoms with Gasteiger partial charge in [-0.2, -0.15) is 0 Å². The van der Waals surface area contributed by atoms with Crippen LogP contribution in [0.2, 0.25) is 0 Å². The van der Waals surface area contributed by atoms with Gasteiger partial charge in [0.15, 0.2) is 0 Å². The molecule has 0 bridgehead atoms. The summed E-state index contributed by atoms with van der Waals surface area (Å²) >= 11 is 3.61. The van der Waals surface area contributed by atoms with E-state index in [0.29, 0.717) is 6.04 Å². The highest BCUT2D eigenvalue weighted by molar-refractivity contribution is 9.10. The molecule has 1 atom stereocenters. The fourth-order valence-electron chi connectivity index (χ4n) is 1.91. The second-order valence-corrected chi connectivity index (χ2v) is 6.60. The van der Waals surface area contributed by atoms with Crippen LogP contribution in [0.15, 0.2) is 28.7 Å². The van der Waals surface area contributed by atoms with Crippen LogP contribution in [0.3, 0.4) is 0 Å². The van der Waals surface area contributed by atoms with E-state index in [1.165, 1.54) is 16.5 Å². The molecule has 1 unspecified atom stereocenters. The Morgan fingerprint density at radius 2 is 1.89 bits per heavy atom.